The van der Waals surface area contributed by atoms with E-state index in [0.717, 1.165) is 0 Å². The Morgan fingerprint density at radius 2 is 2.11 bits per heavy atom. The van der Waals surface area contributed by atoms with Crippen LogP contribution in [0.5, 0.6) is 5.75 Å². The number of carbonyl (C=O) groups is 2. The lowest BCUT2D eigenvalue weighted by molar-refractivity contribution is -0.127. The van der Waals surface area contributed by atoms with Crippen molar-refractivity contribution in [2.24, 2.45) is 5.73 Å². The van der Waals surface area contributed by atoms with E-state index in [1.807, 2.05) is 0 Å². The second-order valence-electron chi connectivity index (χ2n) is 3.59. The molecule has 1 aromatic carbocycles. The maximum atomic E-state index is 11.4. The predicted octanol–water partition coefficient (Wildman–Crippen LogP) is 0.335. The molecule has 0 spiro atoms. The minimum atomic E-state index is -1.43. The summed E-state index contributed by atoms with van der Waals surface area (Å²) in [5.41, 5.74) is 4.82. The fraction of sp³-hybridized carbons (Fsp3) is 0.273. The van der Waals surface area contributed by atoms with E-state index in [1.165, 1.54) is 12.1 Å². The Hall–Kier alpha value is -1.50. The van der Waals surface area contributed by atoms with Crippen molar-refractivity contribution >= 4 is 35.0 Å². The first-order chi connectivity index (χ1) is 8.90. The normalized spacial score (nSPS) is 11.7. The average Bonchev–Trinajstić information content (AvgIpc) is 2.34. The Kier molecular flexibility index (Phi) is 5.88. The molecule has 6 nitrogen and oxygen atoms in total. The fourth-order valence-corrected chi connectivity index (χ4v) is 1.56. The summed E-state index contributed by atoms with van der Waals surface area (Å²) in [6, 6.07) is 4.57. The maximum Gasteiger partial charge on any atom is 0.258 e. The molecule has 0 bridgehead atoms. The van der Waals surface area contributed by atoms with E-state index in [1.54, 1.807) is 6.07 Å². The van der Waals surface area contributed by atoms with Crippen LogP contribution < -0.4 is 15.8 Å². The lowest BCUT2D eigenvalue weighted by Gasteiger charge is -2.10. The van der Waals surface area contributed by atoms with Gasteiger partial charge in [-0.3, -0.25) is 9.59 Å². The molecule has 0 aliphatic heterocycles. The van der Waals surface area contributed by atoms with E-state index >= 15 is 0 Å². The Balaban J connectivity index is 2.40. The number of aliphatic hydroxyl groups excluding tert-OH is 1. The standard InChI is InChI=1S/C11H12Cl2N2O4/c12-6-1-2-9(7(13)3-6)19-5-10(17)15-4-8(16)11(14)18/h1-3,8,16H,4-5H2,(H2,14,18)(H,15,17). The highest BCUT2D eigenvalue weighted by atomic mass is 35.5. The molecule has 0 saturated carbocycles. The van der Waals surface area contributed by atoms with Crippen LogP contribution in [0.2, 0.25) is 10.0 Å². The van der Waals surface area contributed by atoms with Crippen LogP contribution in [0.25, 0.3) is 0 Å². The van der Waals surface area contributed by atoms with Crippen LogP contribution in [0.3, 0.4) is 0 Å². The summed E-state index contributed by atoms with van der Waals surface area (Å²) < 4.78 is 5.15. The number of rotatable bonds is 6. The summed E-state index contributed by atoms with van der Waals surface area (Å²) in [6.45, 7) is -0.585. The Morgan fingerprint density at radius 1 is 1.42 bits per heavy atom. The first-order valence-corrected chi connectivity index (χ1v) is 5.97. The SMILES string of the molecule is NC(=O)C(O)CNC(=O)COc1ccc(Cl)cc1Cl. The molecule has 0 saturated heterocycles. The number of nitrogens with two attached hydrogens (primary N) is 1. The van der Waals surface area contributed by atoms with E-state index in [9.17, 15) is 9.59 Å². The Labute approximate surface area is 119 Å². The number of aliphatic hydroxyl groups is 1. The molecule has 1 atom stereocenters. The number of nitrogens with one attached hydrogen (secondary N) is 1. The number of ether oxygens (including phenoxy) is 1. The first kappa shape index (κ1) is 15.6. The number of primary amides is 1. The van der Waals surface area contributed by atoms with Gasteiger partial charge in [0.1, 0.15) is 11.9 Å². The van der Waals surface area contributed by atoms with Crippen molar-refractivity contribution in [1.82, 2.24) is 5.32 Å². The van der Waals surface area contributed by atoms with Gasteiger partial charge in [0.2, 0.25) is 5.91 Å². The van der Waals surface area contributed by atoms with Crippen LogP contribution in [0, 0.1) is 0 Å². The molecule has 0 aromatic heterocycles. The zero-order chi connectivity index (χ0) is 14.4. The van der Waals surface area contributed by atoms with Crippen molar-refractivity contribution in [3.8, 4) is 5.75 Å². The molecule has 0 heterocycles. The van der Waals surface area contributed by atoms with E-state index in [0.29, 0.717) is 10.8 Å². The zero-order valence-electron chi connectivity index (χ0n) is 9.73. The van der Waals surface area contributed by atoms with Gasteiger partial charge in [0.15, 0.2) is 6.61 Å². The van der Waals surface area contributed by atoms with Crippen molar-refractivity contribution < 1.29 is 19.4 Å². The highest BCUT2D eigenvalue weighted by Gasteiger charge is 2.12. The number of carbonyl (C=O) groups excluding carboxylic acids is 2. The number of amides is 2. The van der Waals surface area contributed by atoms with Crippen LogP contribution in [-0.4, -0.2) is 36.2 Å². The van der Waals surface area contributed by atoms with E-state index in [2.05, 4.69) is 5.32 Å². The van der Waals surface area contributed by atoms with E-state index in [-0.39, 0.29) is 18.2 Å². The highest BCUT2D eigenvalue weighted by Crippen LogP contribution is 2.27. The zero-order valence-corrected chi connectivity index (χ0v) is 11.2. The van der Waals surface area contributed by atoms with E-state index in [4.69, 9.17) is 38.8 Å². The van der Waals surface area contributed by atoms with E-state index < -0.39 is 17.9 Å². The van der Waals surface area contributed by atoms with Crippen LogP contribution in [-0.2, 0) is 9.59 Å². The molecule has 104 valence electrons. The minimum absolute atomic E-state index is 0.272. The lowest BCUT2D eigenvalue weighted by atomic mass is 10.3. The minimum Gasteiger partial charge on any atom is -0.482 e. The van der Waals surface area contributed by atoms with Gasteiger partial charge >= 0.3 is 0 Å². The summed E-state index contributed by atoms with van der Waals surface area (Å²) in [5, 5.41) is 12.1. The number of halogens is 2. The fourth-order valence-electron chi connectivity index (χ4n) is 1.10. The lowest BCUT2D eigenvalue weighted by Crippen LogP contribution is -2.41. The van der Waals surface area contributed by atoms with Gasteiger partial charge in [0.25, 0.3) is 5.91 Å². The summed E-state index contributed by atoms with van der Waals surface area (Å²) in [5.74, 6) is -1.13. The van der Waals surface area contributed by atoms with Gasteiger partial charge in [0.05, 0.1) is 11.6 Å². The molecule has 1 aromatic rings. The van der Waals surface area contributed by atoms with Crippen LogP contribution in [0.1, 0.15) is 0 Å². The van der Waals surface area contributed by atoms with Crippen molar-refractivity contribution in [2.75, 3.05) is 13.2 Å². The molecule has 0 aliphatic rings. The third kappa shape index (κ3) is 5.34. The molecule has 4 N–H and O–H groups in total. The molecule has 8 heteroatoms. The molecule has 1 unspecified atom stereocenters. The second-order valence-corrected chi connectivity index (χ2v) is 4.43. The smallest absolute Gasteiger partial charge is 0.258 e. The van der Waals surface area contributed by atoms with Crippen molar-refractivity contribution in [1.29, 1.82) is 0 Å². The third-order valence-corrected chi connectivity index (χ3v) is 2.60. The molecule has 19 heavy (non-hydrogen) atoms. The molecule has 0 aliphatic carbocycles. The van der Waals surface area contributed by atoms with Crippen LogP contribution in [0.15, 0.2) is 18.2 Å². The summed E-state index contributed by atoms with van der Waals surface area (Å²) >= 11 is 11.5. The summed E-state index contributed by atoms with van der Waals surface area (Å²) in [4.78, 5) is 21.9. The van der Waals surface area contributed by atoms with Crippen LogP contribution in [0.4, 0.5) is 0 Å². The summed E-state index contributed by atoms with van der Waals surface area (Å²) in [6.07, 6.45) is -1.43. The van der Waals surface area contributed by atoms with Gasteiger partial charge in [0, 0.05) is 5.02 Å². The number of benzene rings is 1. The highest BCUT2D eigenvalue weighted by molar-refractivity contribution is 6.35. The molecule has 2 amide bonds. The van der Waals surface area contributed by atoms with Crippen molar-refractivity contribution in [2.45, 2.75) is 6.10 Å². The number of hydrogen-bond acceptors (Lipinski definition) is 4. The second kappa shape index (κ2) is 7.18. The maximum absolute atomic E-state index is 11.4. The van der Waals surface area contributed by atoms with Crippen molar-refractivity contribution in [3.63, 3.8) is 0 Å². The van der Waals surface area contributed by atoms with Crippen LogP contribution >= 0.6 is 23.2 Å². The van der Waals surface area contributed by atoms with Gasteiger partial charge in [-0.2, -0.15) is 0 Å². The third-order valence-electron chi connectivity index (χ3n) is 2.07. The Bertz CT molecular complexity index is 482. The molecule has 0 fully saturated rings. The predicted molar refractivity (Wildman–Crippen MR) is 70.2 cm³/mol. The molecule has 1 rings (SSSR count). The quantitative estimate of drug-likeness (QED) is 0.705. The molecular formula is C11H12Cl2N2O4. The largest absolute Gasteiger partial charge is 0.482 e. The first-order valence-electron chi connectivity index (χ1n) is 5.22. The molecular weight excluding hydrogens is 295 g/mol. The van der Waals surface area contributed by atoms with Crippen molar-refractivity contribution in [3.05, 3.63) is 28.2 Å². The summed E-state index contributed by atoms with van der Waals surface area (Å²) in [7, 11) is 0. The monoisotopic (exact) mass is 306 g/mol. The molecule has 0 radical (unpaired) electrons. The topological polar surface area (TPSA) is 102 Å². The van der Waals surface area contributed by atoms with Gasteiger partial charge in [-0.15, -0.1) is 0 Å². The average molecular weight is 307 g/mol. The van der Waals surface area contributed by atoms with Gasteiger partial charge < -0.3 is 20.9 Å². The van der Waals surface area contributed by atoms with Gasteiger partial charge in [-0.1, -0.05) is 23.2 Å². The number of hydrogen-bond donors (Lipinski definition) is 3. The Morgan fingerprint density at radius 3 is 2.68 bits per heavy atom. The van der Waals surface area contributed by atoms with Gasteiger partial charge in [-0.05, 0) is 18.2 Å². The van der Waals surface area contributed by atoms with Gasteiger partial charge in [-0.25, -0.2) is 0 Å².